The first-order valence-corrected chi connectivity index (χ1v) is 10.4. The van der Waals surface area contributed by atoms with Crippen molar-refractivity contribution in [2.75, 3.05) is 32.8 Å². The summed E-state index contributed by atoms with van der Waals surface area (Å²) in [5, 5.41) is 7.45. The topological polar surface area (TPSA) is 94.6 Å². The number of amides is 1. The molecule has 0 saturated carbocycles. The Kier molecular flexibility index (Phi) is 6.43. The van der Waals surface area contributed by atoms with Gasteiger partial charge in [-0.3, -0.25) is 4.79 Å². The molecule has 1 unspecified atom stereocenters. The molecular formula is C23H23ClN4O4. The highest BCUT2D eigenvalue weighted by molar-refractivity contribution is 6.35. The standard InChI is InChI=1S/C23H23ClN4O4/c1-4-21(29)26-18-11-32-12-19(18)28-23-25-10-14-7-13(5-6-17(14)27-23)16-8-15(30-2)9-20(31-3)22(16)24/h4-10,18-19H,1,11-12H2,2-3H3,(H,26,29)(H,25,27,28)/t18-,19?/m0/s1. The molecule has 0 bridgehead atoms. The lowest BCUT2D eigenvalue weighted by Gasteiger charge is -2.19. The predicted octanol–water partition coefficient (Wildman–Crippen LogP) is 3.45. The maximum Gasteiger partial charge on any atom is 0.243 e. The number of methoxy groups -OCH3 is 2. The molecule has 3 aromatic rings. The summed E-state index contributed by atoms with van der Waals surface area (Å²) < 4.78 is 16.2. The molecule has 32 heavy (non-hydrogen) atoms. The van der Waals surface area contributed by atoms with Gasteiger partial charge < -0.3 is 24.8 Å². The highest BCUT2D eigenvalue weighted by Gasteiger charge is 2.29. The zero-order valence-electron chi connectivity index (χ0n) is 17.7. The van der Waals surface area contributed by atoms with Gasteiger partial charge >= 0.3 is 0 Å². The highest BCUT2D eigenvalue weighted by atomic mass is 35.5. The molecule has 1 fully saturated rings. The molecule has 0 spiro atoms. The number of hydrogen-bond donors (Lipinski definition) is 2. The fourth-order valence-electron chi connectivity index (χ4n) is 3.57. The van der Waals surface area contributed by atoms with Crippen LogP contribution in [-0.4, -0.2) is 55.4 Å². The predicted molar refractivity (Wildman–Crippen MR) is 123 cm³/mol. The van der Waals surface area contributed by atoms with Crippen LogP contribution in [0.3, 0.4) is 0 Å². The largest absolute Gasteiger partial charge is 0.497 e. The van der Waals surface area contributed by atoms with Gasteiger partial charge in [-0.25, -0.2) is 9.97 Å². The Morgan fingerprint density at radius 3 is 2.78 bits per heavy atom. The molecule has 1 saturated heterocycles. The van der Waals surface area contributed by atoms with Crippen LogP contribution in [0.4, 0.5) is 5.95 Å². The number of benzene rings is 2. The number of nitrogens with one attached hydrogen (secondary N) is 2. The number of hydrogen-bond acceptors (Lipinski definition) is 7. The van der Waals surface area contributed by atoms with Crippen molar-refractivity contribution in [2.45, 2.75) is 12.1 Å². The number of nitrogens with zero attached hydrogens (tertiary/aromatic N) is 2. The third-order valence-electron chi connectivity index (χ3n) is 5.27. The lowest BCUT2D eigenvalue weighted by molar-refractivity contribution is -0.117. The van der Waals surface area contributed by atoms with Crippen LogP contribution in [0.25, 0.3) is 22.0 Å². The van der Waals surface area contributed by atoms with E-state index >= 15 is 0 Å². The SMILES string of the molecule is C=CC(=O)N[C@H]1COCC1Nc1ncc2cc(-c3cc(OC)cc(OC)c3Cl)ccc2n1. The number of carbonyl (C=O) groups is 1. The minimum absolute atomic E-state index is 0.140. The van der Waals surface area contributed by atoms with E-state index < -0.39 is 0 Å². The summed E-state index contributed by atoms with van der Waals surface area (Å²) in [7, 11) is 3.16. The number of halogens is 1. The van der Waals surface area contributed by atoms with Crippen molar-refractivity contribution in [3.8, 4) is 22.6 Å². The second kappa shape index (κ2) is 9.42. The minimum Gasteiger partial charge on any atom is -0.497 e. The molecule has 166 valence electrons. The molecule has 0 aliphatic carbocycles. The second-order valence-corrected chi connectivity index (χ2v) is 7.64. The molecule has 0 radical (unpaired) electrons. The summed E-state index contributed by atoms with van der Waals surface area (Å²) in [5.41, 5.74) is 2.44. The second-order valence-electron chi connectivity index (χ2n) is 7.27. The number of rotatable bonds is 7. The summed E-state index contributed by atoms with van der Waals surface area (Å²) >= 11 is 6.53. The fourth-order valence-corrected chi connectivity index (χ4v) is 3.86. The van der Waals surface area contributed by atoms with Crippen molar-refractivity contribution < 1.29 is 19.0 Å². The van der Waals surface area contributed by atoms with Crippen molar-refractivity contribution in [3.63, 3.8) is 0 Å². The fraction of sp³-hybridized carbons (Fsp3) is 0.261. The monoisotopic (exact) mass is 454 g/mol. The Morgan fingerprint density at radius 2 is 2.03 bits per heavy atom. The average molecular weight is 455 g/mol. The Balaban J connectivity index is 1.59. The number of carbonyl (C=O) groups excluding carboxylic acids is 1. The quantitative estimate of drug-likeness (QED) is 0.528. The average Bonchev–Trinajstić information content (AvgIpc) is 3.25. The van der Waals surface area contributed by atoms with Crippen LogP contribution in [-0.2, 0) is 9.53 Å². The molecule has 2 aromatic carbocycles. The summed E-state index contributed by atoms with van der Waals surface area (Å²) in [5.74, 6) is 1.40. The third kappa shape index (κ3) is 4.46. The van der Waals surface area contributed by atoms with Crippen LogP contribution in [0.2, 0.25) is 5.02 Å². The molecule has 4 rings (SSSR count). The van der Waals surface area contributed by atoms with Gasteiger partial charge in [0.05, 0.1) is 50.1 Å². The molecule has 2 N–H and O–H groups in total. The Morgan fingerprint density at radius 1 is 1.22 bits per heavy atom. The van der Waals surface area contributed by atoms with Crippen LogP contribution in [0.1, 0.15) is 0 Å². The molecule has 9 heteroatoms. The lowest BCUT2D eigenvalue weighted by atomic mass is 10.0. The summed E-state index contributed by atoms with van der Waals surface area (Å²) in [6.45, 7) is 4.34. The first-order valence-electron chi connectivity index (χ1n) is 9.98. The van der Waals surface area contributed by atoms with Gasteiger partial charge in [-0.1, -0.05) is 24.2 Å². The van der Waals surface area contributed by atoms with Crippen molar-refractivity contribution >= 4 is 34.4 Å². The highest BCUT2D eigenvalue weighted by Crippen LogP contribution is 2.39. The first-order chi connectivity index (χ1) is 15.5. The van der Waals surface area contributed by atoms with Gasteiger partial charge in [0.2, 0.25) is 11.9 Å². The molecular weight excluding hydrogens is 432 g/mol. The molecule has 1 amide bonds. The summed E-state index contributed by atoms with van der Waals surface area (Å²) in [6.07, 6.45) is 2.98. The van der Waals surface area contributed by atoms with Crippen molar-refractivity contribution in [2.24, 2.45) is 0 Å². The van der Waals surface area contributed by atoms with Crippen LogP contribution in [0.5, 0.6) is 11.5 Å². The maximum absolute atomic E-state index is 11.6. The van der Waals surface area contributed by atoms with Gasteiger partial charge in [-0.15, -0.1) is 0 Å². The Hall–Kier alpha value is -3.36. The molecule has 1 aromatic heterocycles. The van der Waals surface area contributed by atoms with E-state index in [0.717, 1.165) is 22.0 Å². The number of ether oxygens (including phenoxy) is 3. The molecule has 1 aliphatic rings. The Bertz CT molecular complexity index is 1170. The van der Waals surface area contributed by atoms with E-state index in [9.17, 15) is 4.79 Å². The van der Waals surface area contributed by atoms with Gasteiger partial charge in [0, 0.05) is 23.2 Å². The van der Waals surface area contributed by atoms with Crippen molar-refractivity contribution in [3.05, 3.63) is 54.2 Å². The smallest absolute Gasteiger partial charge is 0.243 e. The Labute approximate surface area is 190 Å². The van der Waals surface area contributed by atoms with Gasteiger partial charge in [-0.2, -0.15) is 0 Å². The maximum atomic E-state index is 11.6. The lowest BCUT2D eigenvalue weighted by Crippen LogP contribution is -2.45. The summed E-state index contributed by atoms with van der Waals surface area (Å²) in [6, 6.07) is 9.08. The van der Waals surface area contributed by atoms with E-state index in [0.29, 0.717) is 35.7 Å². The van der Waals surface area contributed by atoms with Gasteiger partial charge in [0.1, 0.15) is 11.5 Å². The van der Waals surface area contributed by atoms with E-state index in [-0.39, 0.29) is 18.0 Å². The minimum atomic E-state index is -0.243. The molecule has 2 atom stereocenters. The van der Waals surface area contributed by atoms with E-state index in [1.807, 2.05) is 24.3 Å². The normalized spacial score (nSPS) is 17.7. The van der Waals surface area contributed by atoms with Gasteiger partial charge in [-0.05, 0) is 29.8 Å². The van der Waals surface area contributed by atoms with E-state index in [2.05, 4.69) is 27.2 Å². The number of anilines is 1. The van der Waals surface area contributed by atoms with Crippen LogP contribution >= 0.6 is 11.6 Å². The number of aromatic nitrogens is 2. The first kappa shape index (κ1) is 21.9. The van der Waals surface area contributed by atoms with E-state index in [1.54, 1.807) is 26.5 Å². The van der Waals surface area contributed by atoms with Gasteiger partial charge in [0.25, 0.3) is 0 Å². The zero-order valence-corrected chi connectivity index (χ0v) is 18.5. The van der Waals surface area contributed by atoms with Crippen molar-refractivity contribution in [1.82, 2.24) is 15.3 Å². The number of fused-ring (bicyclic) bond motifs is 1. The van der Waals surface area contributed by atoms with Crippen LogP contribution < -0.4 is 20.1 Å². The summed E-state index contributed by atoms with van der Waals surface area (Å²) in [4.78, 5) is 20.7. The van der Waals surface area contributed by atoms with Crippen molar-refractivity contribution in [1.29, 1.82) is 0 Å². The third-order valence-corrected chi connectivity index (χ3v) is 5.66. The molecule has 2 heterocycles. The van der Waals surface area contributed by atoms with Crippen LogP contribution in [0.15, 0.2) is 49.2 Å². The van der Waals surface area contributed by atoms with Crippen LogP contribution in [0, 0.1) is 0 Å². The zero-order chi connectivity index (χ0) is 22.7. The van der Waals surface area contributed by atoms with E-state index in [1.165, 1.54) is 6.08 Å². The molecule has 8 nitrogen and oxygen atoms in total. The van der Waals surface area contributed by atoms with E-state index in [4.69, 9.17) is 25.8 Å². The molecule has 1 aliphatic heterocycles. The van der Waals surface area contributed by atoms with Gasteiger partial charge in [0.15, 0.2) is 0 Å².